The minimum atomic E-state index is -0.578. The van der Waals surface area contributed by atoms with Gasteiger partial charge in [0, 0.05) is 18.2 Å². The topological polar surface area (TPSA) is 49.4 Å². The molecule has 2 atom stereocenters. The van der Waals surface area contributed by atoms with E-state index in [9.17, 15) is 9.59 Å². The molecule has 0 saturated carbocycles. The predicted octanol–water partition coefficient (Wildman–Crippen LogP) is 4.56. The van der Waals surface area contributed by atoms with E-state index in [1.54, 1.807) is 4.90 Å². The molecule has 0 unspecified atom stereocenters. The van der Waals surface area contributed by atoms with Crippen LogP contribution in [0.3, 0.4) is 0 Å². The number of aryl methyl sites for hydroxylation is 1. The van der Waals surface area contributed by atoms with Crippen LogP contribution in [-0.2, 0) is 17.6 Å². The molecule has 1 aliphatic heterocycles. The summed E-state index contributed by atoms with van der Waals surface area (Å²) in [7, 11) is 0. The smallest absolute Gasteiger partial charge is 0.255 e. The molecule has 4 nitrogen and oxygen atoms in total. The lowest BCUT2D eigenvalue weighted by Gasteiger charge is -2.30. The van der Waals surface area contributed by atoms with E-state index < -0.39 is 6.04 Å². The summed E-state index contributed by atoms with van der Waals surface area (Å²) >= 11 is 0. The highest BCUT2D eigenvalue weighted by Crippen LogP contribution is 2.36. The molecule has 31 heavy (non-hydrogen) atoms. The normalized spacial score (nSPS) is 16.1. The fraction of sp³-hybridized carbons (Fsp3) is 0.259. The van der Waals surface area contributed by atoms with Crippen molar-refractivity contribution >= 4 is 11.8 Å². The van der Waals surface area contributed by atoms with Crippen LogP contribution in [0.15, 0.2) is 84.9 Å². The minimum absolute atomic E-state index is 0.0509. The Morgan fingerprint density at radius 3 is 2.13 bits per heavy atom. The Bertz CT molecular complexity index is 1030. The van der Waals surface area contributed by atoms with Gasteiger partial charge in [-0.1, -0.05) is 78.9 Å². The molecule has 4 rings (SSSR count). The molecule has 0 fully saturated rings. The van der Waals surface area contributed by atoms with Crippen LogP contribution in [0, 0.1) is 0 Å². The van der Waals surface area contributed by atoms with Crippen molar-refractivity contribution in [2.75, 3.05) is 6.54 Å². The van der Waals surface area contributed by atoms with E-state index in [4.69, 9.17) is 0 Å². The average molecular weight is 413 g/mol. The fourth-order valence-corrected chi connectivity index (χ4v) is 4.29. The van der Waals surface area contributed by atoms with Gasteiger partial charge in [-0.15, -0.1) is 0 Å². The third kappa shape index (κ3) is 4.69. The van der Waals surface area contributed by atoms with Crippen LogP contribution in [0.5, 0.6) is 0 Å². The summed E-state index contributed by atoms with van der Waals surface area (Å²) in [5.74, 6) is -0.167. The van der Waals surface area contributed by atoms with Gasteiger partial charge in [0.25, 0.3) is 5.91 Å². The highest BCUT2D eigenvalue weighted by atomic mass is 16.2. The van der Waals surface area contributed by atoms with Gasteiger partial charge in [-0.25, -0.2) is 0 Å². The highest BCUT2D eigenvalue weighted by molar-refractivity contribution is 6.04. The monoisotopic (exact) mass is 412 g/mol. The summed E-state index contributed by atoms with van der Waals surface area (Å²) in [6.07, 6.45) is 2.43. The second kappa shape index (κ2) is 9.61. The Hall–Kier alpha value is -3.40. The van der Waals surface area contributed by atoms with Crippen LogP contribution >= 0.6 is 0 Å². The van der Waals surface area contributed by atoms with Crippen molar-refractivity contribution in [1.29, 1.82) is 0 Å². The maximum absolute atomic E-state index is 13.2. The molecule has 4 heteroatoms. The number of nitrogens with one attached hydrogen (secondary N) is 1. The standard InChI is InChI=1S/C27H28N2O2/c1-20(16-17-21-10-4-2-5-11-21)29-25(23-14-8-9-15-24(23)27(29)31)26(30)28-19-18-22-12-6-3-7-13-22/h2-15,20,25H,16-19H2,1H3,(H,28,30)/t20-,25-/m0/s1. The summed E-state index contributed by atoms with van der Waals surface area (Å²) in [5.41, 5.74) is 3.86. The number of amides is 2. The molecule has 0 aromatic heterocycles. The zero-order valence-electron chi connectivity index (χ0n) is 17.8. The molecule has 1 aliphatic rings. The SMILES string of the molecule is C[C@@H](CCc1ccccc1)N1C(=O)c2ccccc2[C@H]1C(=O)NCCc1ccccc1. The van der Waals surface area contributed by atoms with E-state index in [2.05, 4.69) is 29.6 Å². The van der Waals surface area contributed by atoms with Crippen molar-refractivity contribution in [2.45, 2.75) is 38.3 Å². The molecule has 0 radical (unpaired) electrons. The fourth-order valence-electron chi connectivity index (χ4n) is 4.29. The Morgan fingerprint density at radius 2 is 1.45 bits per heavy atom. The van der Waals surface area contributed by atoms with Gasteiger partial charge in [-0.3, -0.25) is 9.59 Å². The summed E-state index contributed by atoms with van der Waals surface area (Å²) < 4.78 is 0. The van der Waals surface area contributed by atoms with Crippen molar-refractivity contribution in [3.8, 4) is 0 Å². The second-order valence-electron chi connectivity index (χ2n) is 8.10. The molecule has 2 amide bonds. The van der Waals surface area contributed by atoms with Crippen LogP contribution in [0.25, 0.3) is 0 Å². The molecule has 0 bridgehead atoms. The zero-order valence-corrected chi connectivity index (χ0v) is 17.8. The molecule has 158 valence electrons. The van der Waals surface area contributed by atoms with Gasteiger partial charge >= 0.3 is 0 Å². The Labute approximate surface area is 183 Å². The van der Waals surface area contributed by atoms with E-state index in [1.165, 1.54) is 11.1 Å². The molecule has 1 N–H and O–H groups in total. The van der Waals surface area contributed by atoms with Crippen molar-refractivity contribution in [2.24, 2.45) is 0 Å². The van der Waals surface area contributed by atoms with E-state index in [1.807, 2.05) is 67.6 Å². The van der Waals surface area contributed by atoms with Crippen LogP contribution in [0.4, 0.5) is 0 Å². The van der Waals surface area contributed by atoms with Crippen molar-refractivity contribution < 1.29 is 9.59 Å². The number of fused-ring (bicyclic) bond motifs is 1. The van der Waals surface area contributed by atoms with E-state index in [0.29, 0.717) is 12.1 Å². The molecule has 1 heterocycles. The van der Waals surface area contributed by atoms with Crippen molar-refractivity contribution in [3.05, 3.63) is 107 Å². The lowest BCUT2D eigenvalue weighted by atomic mass is 10.0. The minimum Gasteiger partial charge on any atom is -0.354 e. The number of nitrogens with zero attached hydrogens (tertiary/aromatic N) is 1. The Morgan fingerprint density at radius 1 is 0.871 bits per heavy atom. The third-order valence-electron chi connectivity index (χ3n) is 5.97. The van der Waals surface area contributed by atoms with Crippen LogP contribution in [0.2, 0.25) is 0 Å². The van der Waals surface area contributed by atoms with Gasteiger partial charge in [0.05, 0.1) is 0 Å². The maximum Gasteiger partial charge on any atom is 0.255 e. The lowest BCUT2D eigenvalue weighted by Crippen LogP contribution is -2.44. The van der Waals surface area contributed by atoms with Gasteiger partial charge < -0.3 is 10.2 Å². The molecular formula is C27H28N2O2. The van der Waals surface area contributed by atoms with Gasteiger partial charge in [0.15, 0.2) is 0 Å². The van der Waals surface area contributed by atoms with E-state index in [-0.39, 0.29) is 17.9 Å². The quantitative estimate of drug-likeness (QED) is 0.589. The van der Waals surface area contributed by atoms with Gasteiger partial charge in [-0.2, -0.15) is 0 Å². The second-order valence-corrected chi connectivity index (χ2v) is 8.10. The zero-order chi connectivity index (χ0) is 21.6. The molecule has 0 aliphatic carbocycles. The Kier molecular flexibility index (Phi) is 6.46. The Balaban J connectivity index is 1.47. The first-order valence-corrected chi connectivity index (χ1v) is 10.9. The van der Waals surface area contributed by atoms with Gasteiger partial charge in [-0.05, 0) is 48.9 Å². The molecule has 0 spiro atoms. The van der Waals surface area contributed by atoms with Crippen molar-refractivity contribution in [1.82, 2.24) is 10.2 Å². The summed E-state index contributed by atoms with van der Waals surface area (Å²) in [6.45, 7) is 2.58. The van der Waals surface area contributed by atoms with Crippen LogP contribution in [0.1, 0.15) is 46.4 Å². The van der Waals surface area contributed by atoms with Crippen LogP contribution < -0.4 is 5.32 Å². The first-order valence-electron chi connectivity index (χ1n) is 10.9. The molecule has 0 saturated heterocycles. The number of hydrogen-bond acceptors (Lipinski definition) is 2. The van der Waals surface area contributed by atoms with Gasteiger partial charge in [0.1, 0.15) is 6.04 Å². The summed E-state index contributed by atoms with van der Waals surface area (Å²) in [4.78, 5) is 28.2. The molecule has 3 aromatic rings. The number of carbonyl (C=O) groups is 2. The average Bonchev–Trinajstić information content (AvgIpc) is 3.11. The number of hydrogen-bond donors (Lipinski definition) is 1. The molecular weight excluding hydrogens is 384 g/mol. The first-order chi connectivity index (χ1) is 15.1. The molecule has 3 aromatic carbocycles. The summed E-state index contributed by atoms with van der Waals surface area (Å²) in [5, 5.41) is 3.06. The van der Waals surface area contributed by atoms with Crippen molar-refractivity contribution in [3.63, 3.8) is 0 Å². The number of carbonyl (C=O) groups excluding carboxylic acids is 2. The highest BCUT2D eigenvalue weighted by Gasteiger charge is 2.42. The van der Waals surface area contributed by atoms with E-state index >= 15 is 0 Å². The number of rotatable bonds is 8. The maximum atomic E-state index is 13.2. The predicted molar refractivity (Wildman–Crippen MR) is 123 cm³/mol. The number of benzene rings is 3. The first kappa shape index (κ1) is 20.9. The van der Waals surface area contributed by atoms with Gasteiger partial charge in [0.2, 0.25) is 5.91 Å². The largest absolute Gasteiger partial charge is 0.354 e. The summed E-state index contributed by atoms with van der Waals surface area (Å²) in [6, 6.07) is 27.2. The van der Waals surface area contributed by atoms with Crippen LogP contribution in [-0.4, -0.2) is 29.3 Å². The van der Waals surface area contributed by atoms with E-state index in [0.717, 1.165) is 24.8 Å². The lowest BCUT2D eigenvalue weighted by molar-refractivity contribution is -0.126. The third-order valence-corrected chi connectivity index (χ3v) is 5.97.